The molecule has 0 aromatic heterocycles. The van der Waals surface area contributed by atoms with E-state index in [1.54, 1.807) is 0 Å². The van der Waals surface area contributed by atoms with Crippen molar-refractivity contribution in [2.75, 3.05) is 29.9 Å². The lowest BCUT2D eigenvalue weighted by Crippen LogP contribution is -2.34. The van der Waals surface area contributed by atoms with E-state index in [4.69, 9.17) is 0 Å². The fraction of sp³-hybridized carbons (Fsp3) is 0.316. The average Bonchev–Trinajstić information content (AvgIpc) is 3.04. The molecule has 3 rings (SSSR count). The Morgan fingerprint density at radius 2 is 2.08 bits per heavy atom. The molecule has 2 aromatic rings. The van der Waals surface area contributed by atoms with E-state index < -0.39 is 0 Å². The van der Waals surface area contributed by atoms with Crippen molar-refractivity contribution < 1.29 is 4.79 Å². The molecule has 0 aliphatic carbocycles. The van der Waals surface area contributed by atoms with E-state index in [2.05, 4.69) is 62.7 Å². The van der Waals surface area contributed by atoms with Gasteiger partial charge in [-0.3, -0.25) is 0 Å². The number of nitrogens with one attached hydrogen (secondary N) is 2. The van der Waals surface area contributed by atoms with Crippen LogP contribution in [-0.2, 0) is 0 Å². The number of urea groups is 1. The highest BCUT2D eigenvalue weighted by molar-refractivity contribution is 9.10. The lowest BCUT2D eigenvalue weighted by molar-refractivity contribution is 0.250. The second-order valence-corrected chi connectivity index (χ2v) is 7.11. The highest BCUT2D eigenvalue weighted by Crippen LogP contribution is 2.24. The first-order chi connectivity index (χ1) is 11.6. The molecule has 4 nitrogen and oxygen atoms in total. The van der Waals surface area contributed by atoms with Crippen molar-refractivity contribution in [3.63, 3.8) is 0 Å². The number of hydrogen-bond donors (Lipinski definition) is 2. The van der Waals surface area contributed by atoms with Crippen LogP contribution in [0.3, 0.4) is 0 Å². The minimum atomic E-state index is -0.157. The number of aryl methyl sites for hydroxylation is 1. The minimum absolute atomic E-state index is 0.157. The molecule has 0 saturated carbocycles. The van der Waals surface area contributed by atoms with Gasteiger partial charge in [0.05, 0.1) is 5.69 Å². The number of rotatable bonds is 4. The SMILES string of the molecule is Cc1cccc(N2CCC(CNC(=O)Nc3ccccc3Br)C2)c1. The van der Waals surface area contributed by atoms with E-state index in [1.165, 1.54) is 11.3 Å². The summed E-state index contributed by atoms with van der Waals surface area (Å²) in [6, 6.07) is 16.0. The number of hydrogen-bond acceptors (Lipinski definition) is 2. The number of para-hydroxylation sites is 1. The number of nitrogens with zero attached hydrogens (tertiary/aromatic N) is 1. The first-order valence-corrected chi connectivity index (χ1v) is 9.02. The molecule has 24 heavy (non-hydrogen) atoms. The molecule has 1 aliphatic rings. The van der Waals surface area contributed by atoms with Crippen LogP contribution >= 0.6 is 15.9 Å². The predicted octanol–water partition coefficient (Wildman–Crippen LogP) is 4.41. The van der Waals surface area contributed by atoms with Gasteiger partial charge >= 0.3 is 6.03 Å². The fourth-order valence-electron chi connectivity index (χ4n) is 3.02. The Morgan fingerprint density at radius 3 is 2.88 bits per heavy atom. The summed E-state index contributed by atoms with van der Waals surface area (Å²) in [7, 11) is 0. The van der Waals surface area contributed by atoms with Crippen LogP contribution in [0, 0.1) is 12.8 Å². The maximum atomic E-state index is 12.1. The van der Waals surface area contributed by atoms with Crippen molar-refractivity contribution in [2.45, 2.75) is 13.3 Å². The largest absolute Gasteiger partial charge is 0.371 e. The van der Waals surface area contributed by atoms with Crippen LogP contribution in [0.25, 0.3) is 0 Å². The van der Waals surface area contributed by atoms with Crippen LogP contribution in [0.5, 0.6) is 0 Å². The Balaban J connectivity index is 1.48. The van der Waals surface area contributed by atoms with Gasteiger partial charge in [0.1, 0.15) is 0 Å². The van der Waals surface area contributed by atoms with Crippen LogP contribution in [-0.4, -0.2) is 25.7 Å². The molecule has 1 atom stereocenters. The summed E-state index contributed by atoms with van der Waals surface area (Å²) < 4.78 is 0.881. The smallest absolute Gasteiger partial charge is 0.319 e. The third-order valence-electron chi connectivity index (χ3n) is 4.33. The second kappa shape index (κ2) is 7.71. The van der Waals surface area contributed by atoms with E-state index in [-0.39, 0.29) is 6.03 Å². The Morgan fingerprint density at radius 1 is 1.25 bits per heavy atom. The number of benzene rings is 2. The number of anilines is 2. The van der Waals surface area contributed by atoms with Gasteiger partial charge in [-0.1, -0.05) is 24.3 Å². The zero-order valence-electron chi connectivity index (χ0n) is 13.8. The standard InChI is InChI=1S/C19H22BrN3O/c1-14-5-4-6-16(11-14)23-10-9-15(13-23)12-21-19(24)22-18-8-3-2-7-17(18)20/h2-8,11,15H,9-10,12-13H2,1H3,(H2,21,22,24). The summed E-state index contributed by atoms with van der Waals surface area (Å²) in [5, 5.41) is 5.86. The Labute approximate surface area is 151 Å². The van der Waals surface area contributed by atoms with Gasteiger partial charge in [-0.05, 0) is 65.0 Å². The van der Waals surface area contributed by atoms with Gasteiger partial charge in [0.15, 0.2) is 0 Å². The molecule has 1 saturated heterocycles. The van der Waals surface area contributed by atoms with E-state index in [0.29, 0.717) is 12.5 Å². The number of carbonyl (C=O) groups excluding carboxylic acids is 1. The lowest BCUT2D eigenvalue weighted by Gasteiger charge is -2.19. The van der Waals surface area contributed by atoms with E-state index in [9.17, 15) is 4.79 Å². The third-order valence-corrected chi connectivity index (χ3v) is 5.02. The van der Waals surface area contributed by atoms with Gasteiger partial charge in [0.2, 0.25) is 0 Å². The fourth-order valence-corrected chi connectivity index (χ4v) is 3.41. The quantitative estimate of drug-likeness (QED) is 0.815. The van der Waals surface area contributed by atoms with Crippen LogP contribution in [0.2, 0.25) is 0 Å². The predicted molar refractivity (Wildman–Crippen MR) is 103 cm³/mol. The van der Waals surface area contributed by atoms with Gasteiger partial charge in [-0.25, -0.2) is 4.79 Å². The summed E-state index contributed by atoms with van der Waals surface area (Å²) in [5.74, 6) is 0.482. The zero-order valence-corrected chi connectivity index (χ0v) is 15.3. The molecule has 0 spiro atoms. The Kier molecular flexibility index (Phi) is 5.41. The van der Waals surface area contributed by atoms with E-state index in [1.807, 2.05) is 24.3 Å². The number of halogens is 1. The summed E-state index contributed by atoms with van der Waals surface area (Å²) in [5.41, 5.74) is 3.33. The first kappa shape index (κ1) is 16.8. The summed E-state index contributed by atoms with van der Waals surface area (Å²) in [4.78, 5) is 14.5. The van der Waals surface area contributed by atoms with Crippen molar-refractivity contribution in [3.05, 3.63) is 58.6 Å². The molecule has 0 radical (unpaired) electrons. The molecular weight excluding hydrogens is 366 g/mol. The topological polar surface area (TPSA) is 44.4 Å². The maximum absolute atomic E-state index is 12.1. The minimum Gasteiger partial charge on any atom is -0.371 e. The van der Waals surface area contributed by atoms with Gasteiger partial charge < -0.3 is 15.5 Å². The summed E-state index contributed by atoms with van der Waals surface area (Å²) in [6.07, 6.45) is 1.10. The Bertz CT molecular complexity index is 719. The molecule has 2 amide bonds. The molecule has 1 heterocycles. The lowest BCUT2D eigenvalue weighted by atomic mass is 10.1. The Hall–Kier alpha value is -2.01. The molecule has 1 unspecified atom stereocenters. The normalized spacial score (nSPS) is 16.9. The highest BCUT2D eigenvalue weighted by atomic mass is 79.9. The van der Waals surface area contributed by atoms with Gasteiger partial charge in [-0.15, -0.1) is 0 Å². The van der Waals surface area contributed by atoms with Crippen LogP contribution in [0.1, 0.15) is 12.0 Å². The molecule has 2 aromatic carbocycles. The zero-order chi connectivity index (χ0) is 16.9. The van der Waals surface area contributed by atoms with Crippen molar-refractivity contribution in [3.8, 4) is 0 Å². The average molecular weight is 388 g/mol. The van der Waals surface area contributed by atoms with Crippen LogP contribution in [0.4, 0.5) is 16.2 Å². The molecule has 0 bridgehead atoms. The first-order valence-electron chi connectivity index (χ1n) is 8.23. The van der Waals surface area contributed by atoms with Crippen molar-refractivity contribution in [1.29, 1.82) is 0 Å². The number of amides is 2. The maximum Gasteiger partial charge on any atom is 0.319 e. The molecule has 126 valence electrons. The van der Waals surface area contributed by atoms with Crippen LogP contribution in [0.15, 0.2) is 53.0 Å². The van der Waals surface area contributed by atoms with Gasteiger partial charge in [0, 0.05) is 29.8 Å². The second-order valence-electron chi connectivity index (χ2n) is 6.25. The molecule has 2 N–H and O–H groups in total. The van der Waals surface area contributed by atoms with Crippen LogP contribution < -0.4 is 15.5 Å². The van der Waals surface area contributed by atoms with E-state index in [0.717, 1.165) is 29.7 Å². The monoisotopic (exact) mass is 387 g/mol. The van der Waals surface area contributed by atoms with Crippen molar-refractivity contribution >= 4 is 33.3 Å². The highest BCUT2D eigenvalue weighted by Gasteiger charge is 2.23. The third kappa shape index (κ3) is 4.29. The van der Waals surface area contributed by atoms with Crippen molar-refractivity contribution in [1.82, 2.24) is 5.32 Å². The van der Waals surface area contributed by atoms with Gasteiger partial charge in [-0.2, -0.15) is 0 Å². The molecule has 1 aliphatic heterocycles. The molecule has 5 heteroatoms. The molecular formula is C19H22BrN3O. The van der Waals surface area contributed by atoms with Crippen molar-refractivity contribution in [2.24, 2.45) is 5.92 Å². The van der Waals surface area contributed by atoms with Gasteiger partial charge in [0.25, 0.3) is 0 Å². The molecule has 1 fully saturated rings. The number of carbonyl (C=O) groups is 1. The summed E-state index contributed by atoms with van der Waals surface area (Å²) >= 11 is 3.43. The summed E-state index contributed by atoms with van der Waals surface area (Å²) in [6.45, 7) is 4.84. The van der Waals surface area contributed by atoms with E-state index >= 15 is 0 Å².